The van der Waals surface area contributed by atoms with Gasteiger partial charge in [-0.1, -0.05) is 0 Å². The fourth-order valence-electron chi connectivity index (χ4n) is 2.16. The van der Waals surface area contributed by atoms with E-state index < -0.39 is 0 Å². The van der Waals surface area contributed by atoms with Crippen LogP contribution in [0.15, 0.2) is 30.9 Å². The average Bonchev–Trinajstić information content (AvgIpc) is 3.24. The van der Waals surface area contributed by atoms with Crippen molar-refractivity contribution in [2.24, 2.45) is 0 Å². The molecule has 0 radical (unpaired) electrons. The molecular weight excluding hydrogens is 312 g/mol. The number of benzene rings is 1. The fourth-order valence-corrected chi connectivity index (χ4v) is 2.16. The smallest absolute Gasteiger partial charge is 0.226 e. The van der Waals surface area contributed by atoms with Gasteiger partial charge in [0.05, 0.1) is 25.0 Å². The molecule has 124 valence electrons. The first-order chi connectivity index (χ1) is 11.7. The number of methoxy groups -OCH3 is 1. The molecule has 0 atom stereocenters. The lowest BCUT2D eigenvalue weighted by Gasteiger charge is -2.12. The molecule has 0 aliphatic carbocycles. The molecule has 0 fully saturated rings. The van der Waals surface area contributed by atoms with Crippen LogP contribution in [-0.2, 0) is 11.3 Å². The maximum Gasteiger partial charge on any atom is 0.226 e. The van der Waals surface area contributed by atoms with Crippen molar-refractivity contribution in [3.63, 3.8) is 0 Å². The van der Waals surface area contributed by atoms with Gasteiger partial charge in [0.1, 0.15) is 24.2 Å². The van der Waals surface area contributed by atoms with Gasteiger partial charge in [0.2, 0.25) is 5.91 Å². The second-order valence-corrected chi connectivity index (χ2v) is 5.00. The zero-order valence-corrected chi connectivity index (χ0v) is 13.2. The quantitative estimate of drug-likeness (QED) is 0.705. The number of aryl methyl sites for hydroxylation is 2. The van der Waals surface area contributed by atoms with Crippen molar-refractivity contribution in [1.82, 2.24) is 35.0 Å². The number of amides is 1. The summed E-state index contributed by atoms with van der Waals surface area (Å²) >= 11 is 0. The SMILES string of the molecule is COc1ccc(-n2cnnc2)cc1NC(=O)CCn1nnnc1C. The van der Waals surface area contributed by atoms with Crippen LogP contribution < -0.4 is 10.1 Å². The van der Waals surface area contributed by atoms with Gasteiger partial charge in [-0.15, -0.1) is 15.3 Å². The lowest BCUT2D eigenvalue weighted by Crippen LogP contribution is -2.16. The summed E-state index contributed by atoms with van der Waals surface area (Å²) in [5.41, 5.74) is 1.38. The molecule has 24 heavy (non-hydrogen) atoms. The second kappa shape index (κ2) is 6.86. The molecule has 0 saturated heterocycles. The monoisotopic (exact) mass is 328 g/mol. The molecule has 2 aromatic heterocycles. The van der Waals surface area contributed by atoms with E-state index in [4.69, 9.17) is 4.74 Å². The summed E-state index contributed by atoms with van der Waals surface area (Å²) in [6.45, 7) is 2.18. The molecule has 0 bridgehead atoms. The molecule has 10 nitrogen and oxygen atoms in total. The van der Waals surface area contributed by atoms with E-state index in [-0.39, 0.29) is 12.3 Å². The Kier molecular flexibility index (Phi) is 4.45. The Bertz CT molecular complexity index is 827. The Balaban J connectivity index is 1.72. The number of tetrazole rings is 1. The van der Waals surface area contributed by atoms with E-state index >= 15 is 0 Å². The van der Waals surface area contributed by atoms with E-state index in [1.807, 2.05) is 6.07 Å². The molecule has 0 spiro atoms. The van der Waals surface area contributed by atoms with Crippen LogP contribution in [-0.4, -0.2) is 48.0 Å². The van der Waals surface area contributed by atoms with Gasteiger partial charge in [0.25, 0.3) is 0 Å². The van der Waals surface area contributed by atoms with Gasteiger partial charge in [0, 0.05) is 6.42 Å². The molecule has 1 amide bonds. The van der Waals surface area contributed by atoms with Crippen LogP contribution in [0.1, 0.15) is 12.2 Å². The van der Waals surface area contributed by atoms with Gasteiger partial charge in [0.15, 0.2) is 0 Å². The number of hydrogen-bond acceptors (Lipinski definition) is 7. The molecule has 0 aliphatic heterocycles. The van der Waals surface area contributed by atoms with E-state index in [0.717, 1.165) is 5.69 Å². The normalized spacial score (nSPS) is 10.6. The van der Waals surface area contributed by atoms with Crippen molar-refractivity contribution >= 4 is 11.6 Å². The predicted molar refractivity (Wildman–Crippen MR) is 83.7 cm³/mol. The third-order valence-electron chi connectivity index (χ3n) is 3.44. The Morgan fingerprint density at radius 2 is 2.08 bits per heavy atom. The van der Waals surface area contributed by atoms with E-state index in [1.165, 1.54) is 0 Å². The highest BCUT2D eigenvalue weighted by atomic mass is 16.5. The van der Waals surface area contributed by atoms with Gasteiger partial charge in [-0.3, -0.25) is 9.36 Å². The van der Waals surface area contributed by atoms with E-state index in [9.17, 15) is 4.79 Å². The summed E-state index contributed by atoms with van der Waals surface area (Å²) in [6.07, 6.45) is 3.40. The molecule has 1 aromatic carbocycles. The zero-order valence-electron chi connectivity index (χ0n) is 13.2. The third kappa shape index (κ3) is 3.37. The van der Waals surface area contributed by atoms with Gasteiger partial charge in [-0.25, -0.2) is 4.68 Å². The van der Waals surface area contributed by atoms with Crippen LogP contribution in [0.5, 0.6) is 5.75 Å². The highest BCUT2D eigenvalue weighted by Gasteiger charge is 2.11. The Morgan fingerprint density at radius 3 is 2.75 bits per heavy atom. The molecule has 3 aromatic rings. The molecule has 0 aliphatic rings. The standard InChI is InChI=1S/C14H16N8O2/c1-10-18-19-20-22(10)6-5-14(23)17-12-7-11(3-4-13(12)24-2)21-8-15-16-9-21/h3-4,7-9H,5-6H2,1-2H3,(H,17,23). The number of carbonyl (C=O) groups excluding carboxylic acids is 1. The maximum absolute atomic E-state index is 12.2. The summed E-state index contributed by atoms with van der Waals surface area (Å²) in [5.74, 6) is 1.07. The van der Waals surface area contributed by atoms with Crippen LogP contribution in [0.3, 0.4) is 0 Å². The summed E-state index contributed by atoms with van der Waals surface area (Å²) in [5, 5.41) is 21.5. The number of nitrogens with one attached hydrogen (secondary N) is 1. The maximum atomic E-state index is 12.2. The van der Waals surface area contributed by atoms with Gasteiger partial charge < -0.3 is 10.1 Å². The van der Waals surface area contributed by atoms with Crippen molar-refractivity contribution in [2.45, 2.75) is 19.9 Å². The molecular formula is C14H16N8O2. The van der Waals surface area contributed by atoms with Gasteiger partial charge in [-0.2, -0.15) is 0 Å². The number of rotatable bonds is 6. The van der Waals surface area contributed by atoms with E-state index in [0.29, 0.717) is 23.8 Å². The summed E-state index contributed by atoms with van der Waals surface area (Å²) in [4.78, 5) is 12.2. The predicted octanol–water partition coefficient (Wildman–Crippen LogP) is 0.600. The van der Waals surface area contributed by atoms with Gasteiger partial charge in [-0.05, 0) is 35.5 Å². The summed E-state index contributed by atoms with van der Waals surface area (Å²) < 4.78 is 8.60. The Morgan fingerprint density at radius 1 is 1.29 bits per heavy atom. The van der Waals surface area contributed by atoms with Crippen molar-refractivity contribution in [3.05, 3.63) is 36.7 Å². The number of aromatic nitrogens is 7. The number of nitrogens with zero attached hydrogens (tertiary/aromatic N) is 7. The first-order valence-corrected chi connectivity index (χ1v) is 7.23. The van der Waals surface area contributed by atoms with Crippen LogP contribution in [0, 0.1) is 6.92 Å². The first-order valence-electron chi connectivity index (χ1n) is 7.23. The Hall–Kier alpha value is -3.30. The molecule has 2 heterocycles. The number of hydrogen-bond donors (Lipinski definition) is 1. The van der Waals surface area contributed by atoms with E-state index in [2.05, 4.69) is 31.0 Å². The molecule has 0 saturated carbocycles. The fraction of sp³-hybridized carbons (Fsp3) is 0.286. The lowest BCUT2D eigenvalue weighted by atomic mass is 10.2. The second-order valence-electron chi connectivity index (χ2n) is 5.00. The van der Waals surface area contributed by atoms with Crippen molar-refractivity contribution in [3.8, 4) is 11.4 Å². The molecule has 10 heteroatoms. The minimum atomic E-state index is -0.163. The number of carbonyl (C=O) groups is 1. The molecule has 3 rings (SSSR count). The molecule has 1 N–H and O–H groups in total. The first kappa shape index (κ1) is 15.6. The minimum absolute atomic E-state index is 0.163. The summed E-state index contributed by atoms with van der Waals surface area (Å²) in [6, 6.07) is 5.42. The van der Waals surface area contributed by atoms with Crippen LogP contribution >= 0.6 is 0 Å². The van der Waals surface area contributed by atoms with Crippen molar-refractivity contribution in [2.75, 3.05) is 12.4 Å². The topological polar surface area (TPSA) is 113 Å². The van der Waals surface area contributed by atoms with Crippen LogP contribution in [0.4, 0.5) is 5.69 Å². The lowest BCUT2D eigenvalue weighted by molar-refractivity contribution is -0.116. The van der Waals surface area contributed by atoms with Crippen molar-refractivity contribution in [1.29, 1.82) is 0 Å². The Labute approximate surface area is 137 Å². The molecule has 0 unspecified atom stereocenters. The largest absolute Gasteiger partial charge is 0.495 e. The zero-order chi connectivity index (χ0) is 16.9. The van der Waals surface area contributed by atoms with Gasteiger partial charge >= 0.3 is 0 Å². The van der Waals surface area contributed by atoms with Crippen molar-refractivity contribution < 1.29 is 9.53 Å². The third-order valence-corrected chi connectivity index (χ3v) is 3.44. The number of ether oxygens (including phenoxy) is 1. The van der Waals surface area contributed by atoms with E-state index in [1.54, 1.807) is 48.1 Å². The highest BCUT2D eigenvalue weighted by molar-refractivity contribution is 5.92. The summed E-state index contributed by atoms with van der Waals surface area (Å²) in [7, 11) is 1.55. The number of anilines is 1. The van der Waals surface area contributed by atoms with Crippen LogP contribution in [0.25, 0.3) is 5.69 Å². The van der Waals surface area contributed by atoms with Crippen LogP contribution in [0.2, 0.25) is 0 Å². The average molecular weight is 328 g/mol. The minimum Gasteiger partial charge on any atom is -0.495 e. The highest BCUT2D eigenvalue weighted by Crippen LogP contribution is 2.27.